The smallest absolute Gasteiger partial charge is 0.211 e. The highest BCUT2D eigenvalue weighted by molar-refractivity contribution is 6.02. The van der Waals surface area contributed by atoms with Crippen molar-refractivity contribution in [3.05, 3.63) is 54.9 Å². The molecule has 0 saturated carbocycles. The molecular formula is C17H11NO3. The molecule has 2 aromatic heterocycles. The molecule has 102 valence electrons. The van der Waals surface area contributed by atoms with Crippen LogP contribution in [0.5, 0.6) is 17.2 Å². The maximum atomic E-state index is 12.7. The Morgan fingerprint density at radius 3 is 2.43 bits per heavy atom. The molecule has 0 atom stereocenters. The number of aromatic hydroxyl groups is 2. The fourth-order valence-electron chi connectivity index (χ4n) is 2.76. The highest BCUT2D eigenvalue weighted by Crippen LogP contribution is 2.31. The molecule has 0 aliphatic heterocycles. The molecule has 4 aromatic rings. The summed E-state index contributed by atoms with van der Waals surface area (Å²) in [4.78, 5) is 0. The molecule has 21 heavy (non-hydrogen) atoms. The molecule has 0 unspecified atom stereocenters. The van der Waals surface area contributed by atoms with Gasteiger partial charge in [-0.2, -0.15) is 4.40 Å². The lowest BCUT2D eigenvalue weighted by Crippen LogP contribution is -2.22. The average Bonchev–Trinajstić information content (AvgIpc) is 2.46. The monoisotopic (exact) mass is 277 g/mol. The Hall–Kier alpha value is -3.01. The predicted octanol–water partition coefficient (Wildman–Crippen LogP) is 2.22. The first-order valence-corrected chi connectivity index (χ1v) is 6.53. The van der Waals surface area contributed by atoms with Crippen molar-refractivity contribution in [1.82, 2.24) is 0 Å². The van der Waals surface area contributed by atoms with Crippen LogP contribution in [0.2, 0.25) is 0 Å². The fourth-order valence-corrected chi connectivity index (χ4v) is 2.76. The number of hydrogen-bond donors (Lipinski definition) is 2. The van der Waals surface area contributed by atoms with Crippen molar-refractivity contribution in [2.75, 3.05) is 0 Å². The van der Waals surface area contributed by atoms with Gasteiger partial charge in [0.15, 0.2) is 12.4 Å². The Morgan fingerprint density at radius 1 is 0.810 bits per heavy atom. The second kappa shape index (κ2) is 3.99. The number of nitrogens with zero attached hydrogens (tertiary/aromatic N) is 1. The van der Waals surface area contributed by atoms with Crippen LogP contribution in [0, 0.1) is 0 Å². The minimum Gasteiger partial charge on any atom is -0.868 e. The minimum atomic E-state index is -0.122. The van der Waals surface area contributed by atoms with E-state index in [2.05, 4.69) is 0 Å². The van der Waals surface area contributed by atoms with Crippen LogP contribution in [0.15, 0.2) is 54.9 Å². The summed E-state index contributed by atoms with van der Waals surface area (Å²) in [6.07, 6.45) is 3.61. The van der Waals surface area contributed by atoms with E-state index >= 15 is 0 Å². The van der Waals surface area contributed by atoms with Gasteiger partial charge in [0, 0.05) is 11.5 Å². The molecule has 0 fully saturated rings. The van der Waals surface area contributed by atoms with Crippen molar-refractivity contribution in [1.29, 1.82) is 0 Å². The molecule has 0 saturated heterocycles. The second-order valence-electron chi connectivity index (χ2n) is 5.07. The molecule has 0 amide bonds. The van der Waals surface area contributed by atoms with E-state index in [4.69, 9.17) is 0 Å². The zero-order valence-corrected chi connectivity index (χ0v) is 10.9. The third-order valence-electron chi connectivity index (χ3n) is 3.74. The van der Waals surface area contributed by atoms with Gasteiger partial charge >= 0.3 is 0 Å². The van der Waals surface area contributed by atoms with Gasteiger partial charge in [0.2, 0.25) is 5.52 Å². The first-order valence-electron chi connectivity index (χ1n) is 6.53. The number of hydrogen-bond acceptors (Lipinski definition) is 3. The summed E-state index contributed by atoms with van der Waals surface area (Å²) in [6.45, 7) is 0. The molecule has 4 nitrogen and oxygen atoms in total. The van der Waals surface area contributed by atoms with Crippen molar-refractivity contribution in [3.8, 4) is 17.2 Å². The second-order valence-corrected chi connectivity index (χ2v) is 5.07. The molecule has 0 radical (unpaired) electrons. The Labute approximate surface area is 119 Å². The van der Waals surface area contributed by atoms with Crippen LogP contribution in [0.1, 0.15) is 0 Å². The standard InChI is InChI=1S/C17H11NO3/c19-12-3-4-14-11(7-12)9-18-6-5-10-1-2-13(20)8-15(10)16(18)17(14)21/h1-9H,(H2-,19,20,21). The van der Waals surface area contributed by atoms with Gasteiger partial charge < -0.3 is 15.3 Å². The van der Waals surface area contributed by atoms with Gasteiger partial charge in [-0.15, -0.1) is 0 Å². The van der Waals surface area contributed by atoms with E-state index in [9.17, 15) is 15.3 Å². The molecule has 4 heteroatoms. The summed E-state index contributed by atoms with van der Waals surface area (Å²) >= 11 is 0. The number of rotatable bonds is 0. The van der Waals surface area contributed by atoms with Crippen LogP contribution >= 0.6 is 0 Å². The van der Waals surface area contributed by atoms with Crippen molar-refractivity contribution in [3.63, 3.8) is 0 Å². The van der Waals surface area contributed by atoms with Crippen LogP contribution in [0.25, 0.3) is 27.1 Å². The van der Waals surface area contributed by atoms with Crippen molar-refractivity contribution in [2.24, 2.45) is 0 Å². The van der Waals surface area contributed by atoms with Gasteiger partial charge in [-0.25, -0.2) is 0 Å². The zero-order chi connectivity index (χ0) is 14.6. The number of phenolic OH excluding ortho intramolecular Hbond substituents is 2. The molecule has 4 rings (SSSR count). The largest absolute Gasteiger partial charge is 0.868 e. The molecule has 0 spiro atoms. The average molecular weight is 277 g/mol. The number of fused-ring (bicyclic) bond motifs is 4. The predicted molar refractivity (Wildman–Crippen MR) is 77.4 cm³/mol. The maximum absolute atomic E-state index is 12.7. The molecule has 2 aromatic carbocycles. The third kappa shape index (κ3) is 1.66. The van der Waals surface area contributed by atoms with Crippen LogP contribution in [-0.4, -0.2) is 10.2 Å². The Balaban J connectivity index is 2.28. The SMILES string of the molecule is [O-]c1c2ccc(O)cc2c[n+]2ccc3ccc(O)cc3c12. The first kappa shape index (κ1) is 11.8. The van der Waals surface area contributed by atoms with Gasteiger partial charge in [-0.3, -0.25) is 0 Å². The zero-order valence-electron chi connectivity index (χ0n) is 10.9. The highest BCUT2D eigenvalue weighted by Gasteiger charge is 2.13. The summed E-state index contributed by atoms with van der Waals surface area (Å²) in [7, 11) is 0. The number of pyridine rings is 2. The summed E-state index contributed by atoms with van der Waals surface area (Å²) < 4.78 is 1.73. The van der Waals surface area contributed by atoms with E-state index < -0.39 is 0 Å². The summed E-state index contributed by atoms with van der Waals surface area (Å²) in [5.41, 5.74) is 0.515. The van der Waals surface area contributed by atoms with Crippen LogP contribution < -0.4 is 9.51 Å². The Morgan fingerprint density at radius 2 is 1.57 bits per heavy atom. The van der Waals surface area contributed by atoms with Crippen molar-refractivity contribution < 1.29 is 19.7 Å². The fraction of sp³-hybridized carbons (Fsp3) is 0. The van der Waals surface area contributed by atoms with E-state index in [0.717, 1.165) is 5.39 Å². The van der Waals surface area contributed by atoms with Crippen LogP contribution in [0.4, 0.5) is 0 Å². The minimum absolute atomic E-state index is 0.122. The van der Waals surface area contributed by atoms with Gasteiger partial charge in [-0.1, -0.05) is 12.1 Å². The molecule has 0 aliphatic carbocycles. The Bertz CT molecular complexity index is 1020. The lowest BCUT2D eigenvalue weighted by atomic mass is 10.1. The maximum Gasteiger partial charge on any atom is 0.211 e. The lowest BCUT2D eigenvalue weighted by Gasteiger charge is -2.11. The van der Waals surface area contributed by atoms with E-state index in [-0.39, 0.29) is 17.2 Å². The quantitative estimate of drug-likeness (QED) is 0.294. The highest BCUT2D eigenvalue weighted by atomic mass is 16.3. The summed E-state index contributed by atoms with van der Waals surface area (Å²) in [5.74, 6) is 0.129. The summed E-state index contributed by atoms with van der Waals surface area (Å²) in [5, 5.41) is 34.8. The topological polar surface area (TPSA) is 67.6 Å². The van der Waals surface area contributed by atoms with Crippen LogP contribution in [0.3, 0.4) is 0 Å². The molecule has 0 aliphatic rings. The van der Waals surface area contributed by atoms with Gasteiger partial charge in [0.05, 0.1) is 5.39 Å². The van der Waals surface area contributed by atoms with E-state index in [1.807, 2.05) is 6.07 Å². The van der Waals surface area contributed by atoms with Gasteiger partial charge in [0.25, 0.3) is 0 Å². The van der Waals surface area contributed by atoms with Gasteiger partial charge in [-0.05, 0) is 40.8 Å². The molecular weight excluding hydrogens is 266 g/mol. The Kier molecular flexibility index (Phi) is 2.24. The molecule has 2 heterocycles. The lowest BCUT2D eigenvalue weighted by molar-refractivity contribution is -0.512. The first-order chi connectivity index (χ1) is 10.1. The third-order valence-corrected chi connectivity index (χ3v) is 3.74. The molecule has 0 bridgehead atoms. The number of benzene rings is 2. The van der Waals surface area contributed by atoms with Crippen molar-refractivity contribution >= 4 is 27.1 Å². The van der Waals surface area contributed by atoms with Crippen molar-refractivity contribution in [2.45, 2.75) is 0 Å². The van der Waals surface area contributed by atoms with Crippen LogP contribution in [-0.2, 0) is 0 Å². The van der Waals surface area contributed by atoms with E-state index in [1.54, 1.807) is 47.1 Å². The number of phenols is 2. The summed E-state index contributed by atoms with van der Waals surface area (Å²) in [6, 6.07) is 11.6. The van der Waals surface area contributed by atoms with Gasteiger partial charge in [0.1, 0.15) is 11.5 Å². The van der Waals surface area contributed by atoms with E-state index in [1.165, 1.54) is 6.07 Å². The molecule has 2 N–H and O–H groups in total. The van der Waals surface area contributed by atoms with E-state index in [0.29, 0.717) is 21.7 Å². The number of aromatic nitrogens is 1. The normalized spacial score (nSPS) is 11.4.